The first-order valence-electron chi connectivity index (χ1n) is 14.1. The number of hydrogen-bond donors (Lipinski definition) is 1. The first-order chi connectivity index (χ1) is 20.5. The molecule has 0 aromatic heterocycles. The van der Waals surface area contributed by atoms with E-state index in [4.69, 9.17) is 46.4 Å². The van der Waals surface area contributed by atoms with E-state index in [0.29, 0.717) is 22.0 Å². The molecule has 1 aliphatic carbocycles. The van der Waals surface area contributed by atoms with Gasteiger partial charge in [0.2, 0.25) is 11.8 Å². The van der Waals surface area contributed by atoms with E-state index in [1.54, 1.807) is 42.5 Å². The molecule has 7 nitrogen and oxygen atoms in total. The normalized spacial score (nSPS) is 14.6. The van der Waals surface area contributed by atoms with Crippen LogP contribution in [0.5, 0.6) is 0 Å². The molecule has 43 heavy (non-hydrogen) atoms. The van der Waals surface area contributed by atoms with Crippen LogP contribution in [0.3, 0.4) is 0 Å². The molecule has 230 valence electrons. The van der Waals surface area contributed by atoms with E-state index in [2.05, 4.69) is 5.32 Å². The maximum atomic E-state index is 14.3. The van der Waals surface area contributed by atoms with Crippen molar-refractivity contribution in [2.45, 2.75) is 69.0 Å². The van der Waals surface area contributed by atoms with Crippen molar-refractivity contribution in [2.75, 3.05) is 10.8 Å². The Bertz CT molecular complexity index is 1550. The first-order valence-corrected chi connectivity index (χ1v) is 17.0. The second-order valence-electron chi connectivity index (χ2n) is 10.4. The van der Waals surface area contributed by atoms with Crippen LogP contribution in [0.1, 0.15) is 51.0 Å². The molecule has 1 aliphatic rings. The summed E-state index contributed by atoms with van der Waals surface area (Å²) in [5, 5.41) is 3.88. The Kier molecular flexibility index (Phi) is 11.6. The highest BCUT2D eigenvalue weighted by atomic mass is 35.5. The number of nitrogens with one attached hydrogen (secondary N) is 1. The Balaban J connectivity index is 1.74. The molecule has 1 atom stereocenters. The molecule has 1 saturated carbocycles. The summed E-state index contributed by atoms with van der Waals surface area (Å²) in [4.78, 5) is 29.3. The van der Waals surface area contributed by atoms with Gasteiger partial charge in [0, 0.05) is 12.6 Å². The molecule has 0 radical (unpaired) electrons. The highest BCUT2D eigenvalue weighted by Gasteiger charge is 2.35. The van der Waals surface area contributed by atoms with Crippen LogP contribution in [0.4, 0.5) is 5.69 Å². The van der Waals surface area contributed by atoms with Gasteiger partial charge >= 0.3 is 0 Å². The van der Waals surface area contributed by atoms with Gasteiger partial charge in [0.1, 0.15) is 12.6 Å². The molecule has 0 bridgehead atoms. The van der Waals surface area contributed by atoms with Crippen LogP contribution in [0.15, 0.2) is 71.6 Å². The standard InChI is InChI=1S/C31H33Cl4N3O4S/c1-2-27(31(40)36-22-10-5-3-6-11-22)37(19-21-16-17-24(32)26(34)18-21)29(39)20-38(28-15-9-14-25(33)30(28)35)43(41,42)23-12-7-4-8-13-23/h4,7-9,12-18,22,27H,2-3,5-6,10-11,19-20H2,1H3,(H,36,40). The fourth-order valence-electron chi connectivity index (χ4n) is 5.22. The number of halogens is 4. The molecule has 3 aromatic carbocycles. The van der Waals surface area contributed by atoms with E-state index in [1.807, 2.05) is 6.92 Å². The van der Waals surface area contributed by atoms with Gasteiger partial charge in [0.15, 0.2) is 0 Å². The maximum Gasteiger partial charge on any atom is 0.264 e. The SMILES string of the molecule is CCC(C(=O)NC1CCCCC1)N(Cc1ccc(Cl)c(Cl)c1)C(=O)CN(c1cccc(Cl)c1Cl)S(=O)(=O)c1ccccc1. The van der Waals surface area contributed by atoms with Crippen LogP contribution in [0.2, 0.25) is 20.1 Å². The van der Waals surface area contributed by atoms with Gasteiger partial charge in [0.05, 0.1) is 30.7 Å². The van der Waals surface area contributed by atoms with E-state index in [9.17, 15) is 18.0 Å². The molecule has 1 fully saturated rings. The van der Waals surface area contributed by atoms with Crippen LogP contribution < -0.4 is 9.62 Å². The minimum Gasteiger partial charge on any atom is -0.352 e. The monoisotopic (exact) mass is 683 g/mol. The van der Waals surface area contributed by atoms with Gasteiger partial charge in [-0.1, -0.05) is 103 Å². The zero-order valence-corrected chi connectivity index (χ0v) is 27.5. The fourth-order valence-corrected chi connectivity index (χ4v) is 7.43. The lowest BCUT2D eigenvalue weighted by molar-refractivity contribution is -0.140. The van der Waals surface area contributed by atoms with Crippen molar-refractivity contribution in [3.05, 3.63) is 92.4 Å². The third kappa shape index (κ3) is 8.17. The van der Waals surface area contributed by atoms with Crippen LogP contribution in [0, 0.1) is 0 Å². The largest absolute Gasteiger partial charge is 0.352 e. The fraction of sp³-hybridized carbons (Fsp3) is 0.355. The number of carbonyl (C=O) groups excluding carboxylic acids is 2. The molecule has 0 spiro atoms. The highest BCUT2D eigenvalue weighted by molar-refractivity contribution is 7.92. The first kappa shape index (κ1) is 33.4. The van der Waals surface area contributed by atoms with Crippen LogP contribution in [-0.4, -0.2) is 43.8 Å². The Morgan fingerprint density at radius 1 is 0.884 bits per heavy atom. The van der Waals surface area contributed by atoms with Gasteiger partial charge in [-0.2, -0.15) is 0 Å². The Hall–Kier alpha value is -2.49. The third-order valence-corrected chi connectivity index (χ3v) is 10.8. The Morgan fingerprint density at radius 2 is 1.58 bits per heavy atom. The Labute approximate surface area is 273 Å². The second-order valence-corrected chi connectivity index (χ2v) is 13.9. The molecule has 2 amide bonds. The summed E-state index contributed by atoms with van der Waals surface area (Å²) in [5.41, 5.74) is 0.672. The molecule has 0 saturated heterocycles. The zero-order chi connectivity index (χ0) is 31.1. The van der Waals surface area contributed by atoms with E-state index in [1.165, 1.54) is 29.2 Å². The summed E-state index contributed by atoms with van der Waals surface area (Å²) in [6.45, 7) is 1.17. The maximum absolute atomic E-state index is 14.3. The van der Waals surface area contributed by atoms with Gasteiger partial charge in [-0.05, 0) is 61.2 Å². The summed E-state index contributed by atoms with van der Waals surface area (Å²) in [7, 11) is -4.28. The van der Waals surface area contributed by atoms with Crippen LogP contribution >= 0.6 is 46.4 Å². The molecule has 0 heterocycles. The van der Waals surface area contributed by atoms with Crippen molar-refractivity contribution < 1.29 is 18.0 Å². The predicted octanol–water partition coefficient (Wildman–Crippen LogP) is 7.75. The molecule has 0 aliphatic heterocycles. The van der Waals surface area contributed by atoms with Crippen molar-refractivity contribution in [2.24, 2.45) is 0 Å². The molecule has 12 heteroatoms. The molecule has 1 unspecified atom stereocenters. The molecule has 1 N–H and O–H groups in total. The zero-order valence-electron chi connectivity index (χ0n) is 23.6. The quantitative estimate of drug-likeness (QED) is 0.224. The number of rotatable bonds is 11. The average molecular weight is 686 g/mol. The third-order valence-electron chi connectivity index (χ3n) is 7.48. The minimum absolute atomic E-state index is 0.00514. The van der Waals surface area contributed by atoms with Crippen LogP contribution in [0.25, 0.3) is 0 Å². The lowest BCUT2D eigenvalue weighted by Gasteiger charge is -2.34. The molecule has 4 rings (SSSR count). The number of anilines is 1. The smallest absolute Gasteiger partial charge is 0.264 e. The van der Waals surface area contributed by atoms with Gasteiger partial charge in [-0.15, -0.1) is 0 Å². The van der Waals surface area contributed by atoms with Gasteiger partial charge in [0.25, 0.3) is 10.0 Å². The lowest BCUT2D eigenvalue weighted by atomic mass is 9.95. The number of amides is 2. The summed E-state index contributed by atoms with van der Waals surface area (Å²) in [5.74, 6) is -0.895. The summed E-state index contributed by atoms with van der Waals surface area (Å²) in [6, 6.07) is 16.4. The average Bonchev–Trinajstić information content (AvgIpc) is 3.00. The van der Waals surface area contributed by atoms with Gasteiger partial charge in [-0.3, -0.25) is 13.9 Å². The van der Waals surface area contributed by atoms with Crippen LogP contribution in [-0.2, 0) is 26.2 Å². The van der Waals surface area contributed by atoms with Gasteiger partial charge in [-0.25, -0.2) is 8.42 Å². The van der Waals surface area contributed by atoms with Crippen molar-refractivity contribution in [3.8, 4) is 0 Å². The molecular formula is C31H33Cl4N3O4S. The van der Waals surface area contributed by atoms with Crippen molar-refractivity contribution in [3.63, 3.8) is 0 Å². The Morgan fingerprint density at radius 3 is 2.23 bits per heavy atom. The highest BCUT2D eigenvalue weighted by Crippen LogP contribution is 2.36. The van der Waals surface area contributed by atoms with E-state index in [-0.39, 0.29) is 39.1 Å². The molecule has 3 aromatic rings. The van der Waals surface area contributed by atoms with Gasteiger partial charge < -0.3 is 10.2 Å². The topological polar surface area (TPSA) is 86.8 Å². The van der Waals surface area contributed by atoms with E-state index >= 15 is 0 Å². The number of nitrogens with zero attached hydrogens (tertiary/aromatic N) is 2. The predicted molar refractivity (Wildman–Crippen MR) is 174 cm³/mol. The summed E-state index contributed by atoms with van der Waals surface area (Å²) >= 11 is 25.2. The number of sulfonamides is 1. The van der Waals surface area contributed by atoms with Crippen molar-refractivity contribution in [1.29, 1.82) is 0 Å². The second kappa shape index (κ2) is 15.0. The molecular weight excluding hydrogens is 652 g/mol. The van der Waals surface area contributed by atoms with Crippen molar-refractivity contribution >= 4 is 73.9 Å². The minimum atomic E-state index is -4.28. The van der Waals surface area contributed by atoms with Crippen molar-refractivity contribution in [1.82, 2.24) is 10.2 Å². The number of hydrogen-bond acceptors (Lipinski definition) is 4. The summed E-state index contributed by atoms with van der Waals surface area (Å²) in [6.07, 6.45) is 5.23. The number of benzene rings is 3. The van der Waals surface area contributed by atoms with E-state index in [0.717, 1.165) is 36.4 Å². The van der Waals surface area contributed by atoms with E-state index < -0.39 is 28.5 Å². The lowest BCUT2D eigenvalue weighted by Crippen LogP contribution is -2.54. The summed E-state index contributed by atoms with van der Waals surface area (Å²) < 4.78 is 28.9. The number of carbonyl (C=O) groups is 2.